The molecule has 2 rings (SSSR count). The molecule has 0 aliphatic rings. The van der Waals surface area contributed by atoms with Gasteiger partial charge >= 0.3 is 0 Å². The van der Waals surface area contributed by atoms with Crippen molar-refractivity contribution in [2.75, 3.05) is 23.8 Å². The Morgan fingerprint density at radius 3 is 2.43 bits per heavy atom. The molecule has 1 amide bonds. The van der Waals surface area contributed by atoms with E-state index >= 15 is 0 Å². The number of rotatable bonds is 6. The minimum Gasteiger partial charge on any atom is -0.492 e. The summed E-state index contributed by atoms with van der Waals surface area (Å²) in [5.74, 6) is 0.530. The van der Waals surface area contributed by atoms with Gasteiger partial charge in [0.1, 0.15) is 5.75 Å². The minimum atomic E-state index is -0.148. The Morgan fingerprint density at radius 1 is 1.05 bits per heavy atom. The van der Waals surface area contributed by atoms with Gasteiger partial charge in [0, 0.05) is 17.8 Å². The van der Waals surface area contributed by atoms with Gasteiger partial charge in [-0.05, 0) is 50.2 Å². The quantitative estimate of drug-likeness (QED) is 0.849. The SMILES string of the molecule is CCNc1ccc(C(=O)Nc2ccccc2OCC)cc1. The Bertz CT molecular complexity index is 594. The molecule has 0 aliphatic carbocycles. The molecule has 0 saturated heterocycles. The summed E-state index contributed by atoms with van der Waals surface area (Å²) in [6.45, 7) is 5.36. The molecule has 0 radical (unpaired) electrons. The third kappa shape index (κ3) is 3.99. The summed E-state index contributed by atoms with van der Waals surface area (Å²) in [5.41, 5.74) is 2.30. The fourth-order valence-corrected chi connectivity index (χ4v) is 1.99. The maximum absolute atomic E-state index is 12.3. The van der Waals surface area contributed by atoms with Crippen LogP contribution in [0.15, 0.2) is 48.5 Å². The van der Waals surface area contributed by atoms with Crippen molar-refractivity contribution in [3.8, 4) is 5.75 Å². The molecule has 2 N–H and O–H groups in total. The Hall–Kier alpha value is -2.49. The van der Waals surface area contributed by atoms with Gasteiger partial charge in [-0.3, -0.25) is 4.79 Å². The van der Waals surface area contributed by atoms with Crippen LogP contribution in [0.1, 0.15) is 24.2 Å². The van der Waals surface area contributed by atoms with E-state index in [0.29, 0.717) is 23.6 Å². The fourth-order valence-electron chi connectivity index (χ4n) is 1.99. The van der Waals surface area contributed by atoms with E-state index < -0.39 is 0 Å². The molecule has 4 nitrogen and oxygen atoms in total. The predicted molar refractivity (Wildman–Crippen MR) is 86.2 cm³/mol. The van der Waals surface area contributed by atoms with Crippen LogP contribution in [0, 0.1) is 0 Å². The second-order valence-corrected chi connectivity index (χ2v) is 4.49. The first kappa shape index (κ1) is 14.9. The Balaban J connectivity index is 2.10. The first-order valence-electron chi connectivity index (χ1n) is 7.11. The van der Waals surface area contributed by atoms with Crippen molar-refractivity contribution in [1.82, 2.24) is 0 Å². The summed E-state index contributed by atoms with van der Waals surface area (Å²) in [7, 11) is 0. The van der Waals surface area contributed by atoms with Crippen LogP contribution in [-0.4, -0.2) is 19.1 Å². The lowest BCUT2D eigenvalue weighted by atomic mass is 10.2. The molecule has 0 atom stereocenters. The number of benzene rings is 2. The lowest BCUT2D eigenvalue weighted by Crippen LogP contribution is -2.13. The summed E-state index contributed by atoms with van der Waals surface area (Å²) in [6.07, 6.45) is 0. The average molecular weight is 284 g/mol. The van der Waals surface area contributed by atoms with E-state index in [-0.39, 0.29) is 5.91 Å². The van der Waals surface area contributed by atoms with Crippen LogP contribution in [0.4, 0.5) is 11.4 Å². The van der Waals surface area contributed by atoms with Crippen LogP contribution in [-0.2, 0) is 0 Å². The summed E-state index contributed by atoms with van der Waals surface area (Å²) in [4.78, 5) is 12.3. The number of ether oxygens (including phenoxy) is 1. The molecule has 0 aromatic heterocycles. The van der Waals surface area contributed by atoms with Gasteiger partial charge in [0.05, 0.1) is 12.3 Å². The van der Waals surface area contributed by atoms with Gasteiger partial charge in [-0.1, -0.05) is 12.1 Å². The maximum Gasteiger partial charge on any atom is 0.255 e. The largest absolute Gasteiger partial charge is 0.492 e. The van der Waals surface area contributed by atoms with Crippen molar-refractivity contribution >= 4 is 17.3 Å². The van der Waals surface area contributed by atoms with Crippen LogP contribution in [0.3, 0.4) is 0 Å². The lowest BCUT2D eigenvalue weighted by Gasteiger charge is -2.11. The number of carbonyl (C=O) groups excluding carboxylic acids is 1. The molecule has 0 aliphatic heterocycles. The zero-order chi connectivity index (χ0) is 15.1. The molecule has 4 heteroatoms. The Morgan fingerprint density at radius 2 is 1.76 bits per heavy atom. The fraction of sp³-hybridized carbons (Fsp3) is 0.235. The minimum absolute atomic E-state index is 0.148. The number of para-hydroxylation sites is 2. The molecule has 0 spiro atoms. The number of hydrogen-bond donors (Lipinski definition) is 2. The van der Waals surface area contributed by atoms with Crippen LogP contribution in [0.25, 0.3) is 0 Å². The van der Waals surface area contributed by atoms with Crippen LogP contribution < -0.4 is 15.4 Å². The van der Waals surface area contributed by atoms with Gasteiger partial charge in [0.2, 0.25) is 0 Å². The van der Waals surface area contributed by atoms with Gasteiger partial charge in [0.25, 0.3) is 5.91 Å². The van der Waals surface area contributed by atoms with E-state index in [9.17, 15) is 4.79 Å². The van der Waals surface area contributed by atoms with E-state index in [1.807, 2.05) is 50.2 Å². The summed E-state index contributed by atoms with van der Waals surface area (Å²) in [5, 5.41) is 6.08. The van der Waals surface area contributed by atoms with E-state index in [4.69, 9.17) is 4.74 Å². The smallest absolute Gasteiger partial charge is 0.255 e. The molecule has 0 unspecified atom stereocenters. The molecule has 2 aromatic carbocycles. The second-order valence-electron chi connectivity index (χ2n) is 4.49. The standard InChI is InChI=1S/C17H20N2O2/c1-3-18-14-11-9-13(10-12-14)17(20)19-15-7-5-6-8-16(15)21-4-2/h5-12,18H,3-4H2,1-2H3,(H,19,20). The summed E-state index contributed by atoms with van der Waals surface area (Å²) in [6, 6.07) is 14.8. The van der Waals surface area contributed by atoms with Crippen molar-refractivity contribution < 1.29 is 9.53 Å². The monoisotopic (exact) mass is 284 g/mol. The van der Waals surface area contributed by atoms with Gasteiger partial charge in [-0.2, -0.15) is 0 Å². The highest BCUT2D eigenvalue weighted by Gasteiger charge is 2.09. The van der Waals surface area contributed by atoms with Gasteiger partial charge in [-0.15, -0.1) is 0 Å². The first-order valence-corrected chi connectivity index (χ1v) is 7.11. The molecule has 0 heterocycles. The number of anilines is 2. The summed E-state index contributed by atoms with van der Waals surface area (Å²) < 4.78 is 5.50. The molecule has 0 saturated carbocycles. The highest BCUT2D eigenvalue weighted by molar-refractivity contribution is 6.05. The third-order valence-electron chi connectivity index (χ3n) is 2.96. The van der Waals surface area contributed by atoms with Crippen LogP contribution in [0.5, 0.6) is 5.75 Å². The van der Waals surface area contributed by atoms with E-state index in [0.717, 1.165) is 12.2 Å². The average Bonchev–Trinajstić information content (AvgIpc) is 2.50. The topological polar surface area (TPSA) is 50.4 Å². The molecular formula is C17H20N2O2. The predicted octanol–water partition coefficient (Wildman–Crippen LogP) is 3.77. The van der Waals surface area contributed by atoms with Crippen molar-refractivity contribution in [2.24, 2.45) is 0 Å². The number of nitrogens with one attached hydrogen (secondary N) is 2. The number of carbonyl (C=O) groups is 1. The zero-order valence-electron chi connectivity index (χ0n) is 12.3. The molecular weight excluding hydrogens is 264 g/mol. The molecule has 0 bridgehead atoms. The zero-order valence-corrected chi connectivity index (χ0v) is 12.3. The Kier molecular flexibility index (Phi) is 5.21. The van der Waals surface area contributed by atoms with E-state index in [2.05, 4.69) is 10.6 Å². The van der Waals surface area contributed by atoms with Crippen LogP contribution in [0.2, 0.25) is 0 Å². The maximum atomic E-state index is 12.3. The van der Waals surface area contributed by atoms with E-state index in [1.165, 1.54) is 0 Å². The highest BCUT2D eigenvalue weighted by atomic mass is 16.5. The molecule has 2 aromatic rings. The third-order valence-corrected chi connectivity index (χ3v) is 2.96. The summed E-state index contributed by atoms with van der Waals surface area (Å²) >= 11 is 0. The normalized spacial score (nSPS) is 10.0. The number of hydrogen-bond acceptors (Lipinski definition) is 3. The highest BCUT2D eigenvalue weighted by Crippen LogP contribution is 2.24. The molecule has 21 heavy (non-hydrogen) atoms. The van der Waals surface area contributed by atoms with Crippen LogP contribution >= 0.6 is 0 Å². The Labute approximate surface area is 125 Å². The second kappa shape index (κ2) is 7.33. The van der Waals surface area contributed by atoms with Crippen molar-refractivity contribution in [2.45, 2.75) is 13.8 Å². The number of amides is 1. The molecule has 110 valence electrons. The molecule has 0 fully saturated rings. The first-order chi connectivity index (χ1) is 10.2. The van der Waals surface area contributed by atoms with Gasteiger partial charge < -0.3 is 15.4 Å². The van der Waals surface area contributed by atoms with Crippen molar-refractivity contribution in [1.29, 1.82) is 0 Å². The van der Waals surface area contributed by atoms with Crippen molar-refractivity contribution in [3.05, 3.63) is 54.1 Å². The lowest BCUT2D eigenvalue weighted by molar-refractivity contribution is 0.102. The van der Waals surface area contributed by atoms with Crippen molar-refractivity contribution in [3.63, 3.8) is 0 Å². The van der Waals surface area contributed by atoms with E-state index in [1.54, 1.807) is 12.1 Å². The van der Waals surface area contributed by atoms with Gasteiger partial charge in [-0.25, -0.2) is 0 Å². The van der Waals surface area contributed by atoms with Gasteiger partial charge in [0.15, 0.2) is 0 Å².